The number of hydrogen-bond donors (Lipinski definition) is 2. The zero-order chi connectivity index (χ0) is 12.6. The number of anilines is 1. The molecule has 0 radical (unpaired) electrons. The maximum atomic E-state index is 11.6. The van der Waals surface area contributed by atoms with Crippen LogP contribution in [0.15, 0.2) is 0 Å². The van der Waals surface area contributed by atoms with E-state index in [2.05, 4.69) is 10.3 Å². The SMILES string of the molecule is CC(C)(C)OC(=O)NC1Cc2nc(N)sc2C1. The third kappa shape index (κ3) is 3.09. The molecule has 0 spiro atoms. The fourth-order valence-corrected chi connectivity index (χ4v) is 2.77. The molecule has 1 atom stereocenters. The number of nitrogens with two attached hydrogens (primary N) is 1. The molecular weight excluding hydrogens is 238 g/mol. The third-order valence-corrected chi connectivity index (χ3v) is 3.34. The monoisotopic (exact) mass is 255 g/mol. The van der Waals surface area contributed by atoms with Crippen LogP contribution in [-0.4, -0.2) is 22.7 Å². The number of alkyl carbamates (subject to hydrolysis) is 1. The number of nitrogen functional groups attached to an aromatic ring is 1. The normalized spacial score (nSPS) is 18.9. The quantitative estimate of drug-likeness (QED) is 0.801. The van der Waals surface area contributed by atoms with E-state index in [9.17, 15) is 4.79 Å². The number of fused-ring (bicyclic) bond motifs is 1. The van der Waals surface area contributed by atoms with Gasteiger partial charge in [0.2, 0.25) is 0 Å². The molecule has 0 fully saturated rings. The van der Waals surface area contributed by atoms with Crippen LogP contribution in [0.2, 0.25) is 0 Å². The first-order valence-electron chi connectivity index (χ1n) is 5.57. The smallest absolute Gasteiger partial charge is 0.407 e. The van der Waals surface area contributed by atoms with Crippen molar-refractivity contribution in [2.75, 3.05) is 5.73 Å². The lowest BCUT2D eigenvalue weighted by Crippen LogP contribution is -2.39. The van der Waals surface area contributed by atoms with Crippen molar-refractivity contribution in [3.05, 3.63) is 10.6 Å². The first-order chi connectivity index (χ1) is 7.83. The van der Waals surface area contributed by atoms with E-state index in [1.807, 2.05) is 20.8 Å². The highest BCUT2D eigenvalue weighted by molar-refractivity contribution is 7.15. The van der Waals surface area contributed by atoms with Gasteiger partial charge in [0.1, 0.15) is 5.60 Å². The molecule has 0 aliphatic heterocycles. The predicted octanol–water partition coefficient (Wildman–Crippen LogP) is 1.72. The highest BCUT2D eigenvalue weighted by Crippen LogP contribution is 2.29. The van der Waals surface area contributed by atoms with Crippen molar-refractivity contribution in [1.82, 2.24) is 10.3 Å². The number of aromatic nitrogens is 1. The molecule has 1 aliphatic carbocycles. The van der Waals surface area contributed by atoms with Gasteiger partial charge in [-0.15, -0.1) is 11.3 Å². The Balaban J connectivity index is 1.87. The molecule has 17 heavy (non-hydrogen) atoms. The number of carbonyl (C=O) groups is 1. The van der Waals surface area contributed by atoms with Crippen molar-refractivity contribution < 1.29 is 9.53 Å². The maximum absolute atomic E-state index is 11.6. The number of carbonyl (C=O) groups excluding carboxylic acids is 1. The molecular formula is C11H17N3O2S. The van der Waals surface area contributed by atoms with Crippen LogP contribution in [0.4, 0.5) is 9.93 Å². The molecule has 5 nitrogen and oxygen atoms in total. The number of amides is 1. The number of nitrogens with zero attached hydrogens (tertiary/aromatic N) is 1. The highest BCUT2D eigenvalue weighted by atomic mass is 32.1. The molecule has 6 heteroatoms. The molecule has 0 aromatic carbocycles. The molecule has 1 heterocycles. The summed E-state index contributed by atoms with van der Waals surface area (Å²) >= 11 is 1.50. The molecule has 94 valence electrons. The molecule has 0 saturated carbocycles. The molecule has 1 unspecified atom stereocenters. The Morgan fingerprint density at radius 3 is 2.82 bits per heavy atom. The molecule has 3 N–H and O–H groups in total. The van der Waals surface area contributed by atoms with E-state index < -0.39 is 5.60 Å². The van der Waals surface area contributed by atoms with E-state index >= 15 is 0 Å². The first-order valence-corrected chi connectivity index (χ1v) is 6.39. The standard InChI is InChI=1S/C11H17N3O2S/c1-11(2,3)16-10(15)13-6-4-7-8(5-6)17-9(12)14-7/h6H,4-5H2,1-3H3,(H2,12,14)(H,13,15). The van der Waals surface area contributed by atoms with Crippen molar-refractivity contribution in [3.63, 3.8) is 0 Å². The summed E-state index contributed by atoms with van der Waals surface area (Å²) in [5.74, 6) is 0. The average molecular weight is 255 g/mol. The maximum Gasteiger partial charge on any atom is 0.407 e. The van der Waals surface area contributed by atoms with Gasteiger partial charge in [-0.25, -0.2) is 9.78 Å². The molecule has 1 aliphatic rings. The predicted molar refractivity (Wildman–Crippen MR) is 67.1 cm³/mol. The largest absolute Gasteiger partial charge is 0.444 e. The summed E-state index contributed by atoms with van der Waals surface area (Å²) < 4.78 is 5.21. The van der Waals surface area contributed by atoms with Crippen molar-refractivity contribution in [3.8, 4) is 0 Å². The van der Waals surface area contributed by atoms with Gasteiger partial charge in [0.05, 0.1) is 5.69 Å². The van der Waals surface area contributed by atoms with Crippen LogP contribution < -0.4 is 11.1 Å². The lowest BCUT2D eigenvalue weighted by atomic mass is 10.2. The molecule has 0 bridgehead atoms. The lowest BCUT2D eigenvalue weighted by Gasteiger charge is -2.21. The summed E-state index contributed by atoms with van der Waals surface area (Å²) in [5, 5.41) is 3.46. The van der Waals surface area contributed by atoms with Crippen molar-refractivity contribution >= 4 is 22.6 Å². The Kier molecular flexibility index (Phi) is 2.99. The summed E-state index contributed by atoms with van der Waals surface area (Å²) in [5.41, 5.74) is 6.16. The van der Waals surface area contributed by atoms with E-state index in [-0.39, 0.29) is 12.1 Å². The molecule has 1 aromatic rings. The van der Waals surface area contributed by atoms with Crippen molar-refractivity contribution in [2.24, 2.45) is 0 Å². The topological polar surface area (TPSA) is 77.2 Å². The van der Waals surface area contributed by atoms with Gasteiger partial charge >= 0.3 is 6.09 Å². The van der Waals surface area contributed by atoms with Crippen molar-refractivity contribution in [2.45, 2.75) is 45.3 Å². The molecule has 2 rings (SSSR count). The van der Waals surface area contributed by atoms with E-state index in [4.69, 9.17) is 10.5 Å². The van der Waals surface area contributed by atoms with Gasteiger partial charge in [-0.3, -0.25) is 0 Å². The van der Waals surface area contributed by atoms with Crippen LogP contribution >= 0.6 is 11.3 Å². The Labute approximate surface area is 104 Å². The zero-order valence-electron chi connectivity index (χ0n) is 10.2. The minimum absolute atomic E-state index is 0.0826. The Bertz CT molecular complexity index is 413. The van der Waals surface area contributed by atoms with Crippen molar-refractivity contribution in [1.29, 1.82) is 0 Å². The van der Waals surface area contributed by atoms with Gasteiger partial charge < -0.3 is 15.8 Å². The van der Waals surface area contributed by atoms with Gasteiger partial charge in [-0.2, -0.15) is 0 Å². The molecule has 1 aromatic heterocycles. The van der Waals surface area contributed by atoms with E-state index in [1.54, 1.807) is 0 Å². The first kappa shape index (κ1) is 12.2. The van der Waals surface area contributed by atoms with Crippen LogP contribution in [0, 0.1) is 0 Å². The van der Waals surface area contributed by atoms with Crippen LogP contribution in [-0.2, 0) is 17.6 Å². The summed E-state index contributed by atoms with van der Waals surface area (Å²) in [6.07, 6.45) is 1.16. The number of nitrogens with one attached hydrogen (secondary N) is 1. The fourth-order valence-electron chi connectivity index (χ4n) is 1.83. The second-order valence-electron chi connectivity index (χ2n) is 5.17. The van der Waals surface area contributed by atoms with Crippen LogP contribution in [0.5, 0.6) is 0 Å². The van der Waals surface area contributed by atoms with Crippen LogP contribution in [0.25, 0.3) is 0 Å². The van der Waals surface area contributed by atoms with Gasteiger partial charge in [0, 0.05) is 23.8 Å². The Morgan fingerprint density at radius 1 is 1.53 bits per heavy atom. The molecule has 1 amide bonds. The number of ether oxygens (including phenoxy) is 1. The Morgan fingerprint density at radius 2 is 2.24 bits per heavy atom. The van der Waals surface area contributed by atoms with Gasteiger partial charge in [0.15, 0.2) is 5.13 Å². The second kappa shape index (κ2) is 4.18. The molecule has 0 saturated heterocycles. The summed E-state index contributed by atoms with van der Waals surface area (Å²) in [7, 11) is 0. The van der Waals surface area contributed by atoms with Crippen LogP contribution in [0.1, 0.15) is 31.3 Å². The zero-order valence-corrected chi connectivity index (χ0v) is 11.1. The highest BCUT2D eigenvalue weighted by Gasteiger charge is 2.28. The minimum atomic E-state index is -0.462. The summed E-state index contributed by atoms with van der Waals surface area (Å²) in [6.45, 7) is 5.54. The van der Waals surface area contributed by atoms with Crippen LogP contribution in [0.3, 0.4) is 0 Å². The Hall–Kier alpha value is -1.30. The number of rotatable bonds is 1. The summed E-state index contributed by atoms with van der Waals surface area (Å²) in [4.78, 5) is 17.0. The van der Waals surface area contributed by atoms with Gasteiger partial charge in [0.25, 0.3) is 0 Å². The minimum Gasteiger partial charge on any atom is -0.444 e. The van der Waals surface area contributed by atoms with E-state index in [1.165, 1.54) is 16.2 Å². The van der Waals surface area contributed by atoms with Gasteiger partial charge in [-0.1, -0.05) is 0 Å². The number of hydrogen-bond acceptors (Lipinski definition) is 5. The van der Waals surface area contributed by atoms with E-state index in [0.29, 0.717) is 5.13 Å². The third-order valence-electron chi connectivity index (χ3n) is 2.39. The second-order valence-corrected chi connectivity index (χ2v) is 6.29. The fraction of sp³-hybridized carbons (Fsp3) is 0.636. The summed E-state index contributed by atoms with van der Waals surface area (Å²) in [6, 6.07) is 0.0826. The lowest BCUT2D eigenvalue weighted by molar-refractivity contribution is 0.0506. The average Bonchev–Trinajstić information content (AvgIpc) is 2.56. The number of thiazole rings is 1. The van der Waals surface area contributed by atoms with E-state index in [0.717, 1.165) is 18.5 Å². The van der Waals surface area contributed by atoms with Gasteiger partial charge in [-0.05, 0) is 20.8 Å².